The third-order valence-corrected chi connectivity index (χ3v) is 4.98. The van der Waals surface area contributed by atoms with E-state index in [9.17, 15) is 0 Å². The Hall–Kier alpha value is -0.250. The highest BCUT2D eigenvalue weighted by Crippen LogP contribution is 2.32. The Kier molecular flexibility index (Phi) is 5.55. The number of likely N-dealkylation sites (N-methyl/N-ethyl adjacent to an activating group) is 1. The van der Waals surface area contributed by atoms with Crippen molar-refractivity contribution < 1.29 is 0 Å². The van der Waals surface area contributed by atoms with Crippen molar-refractivity contribution in [3.05, 3.63) is 28.8 Å². The normalized spacial score (nSPS) is 19.4. The van der Waals surface area contributed by atoms with Crippen LogP contribution in [0.1, 0.15) is 25.8 Å². The molecule has 1 aromatic rings. The molecule has 0 amide bonds. The molecule has 1 aromatic carbocycles. The molecule has 0 spiro atoms. The van der Waals surface area contributed by atoms with Crippen LogP contribution in [0.5, 0.6) is 0 Å². The molecule has 1 fully saturated rings. The molecule has 19 heavy (non-hydrogen) atoms. The van der Waals surface area contributed by atoms with Gasteiger partial charge in [0.05, 0.1) is 0 Å². The number of rotatable bonds is 5. The van der Waals surface area contributed by atoms with E-state index in [-0.39, 0.29) is 0 Å². The van der Waals surface area contributed by atoms with Gasteiger partial charge in [-0.15, -0.1) is 0 Å². The highest BCUT2D eigenvalue weighted by Gasteiger charge is 2.27. The maximum atomic E-state index is 6.29. The van der Waals surface area contributed by atoms with Crippen LogP contribution in [-0.2, 0) is 5.33 Å². The van der Waals surface area contributed by atoms with Crippen molar-refractivity contribution in [3.63, 3.8) is 0 Å². The topological polar surface area (TPSA) is 6.48 Å². The van der Waals surface area contributed by atoms with Crippen molar-refractivity contribution in [2.45, 2.75) is 31.6 Å². The minimum Gasteiger partial charge on any atom is -0.370 e. The molecule has 0 aromatic heterocycles. The van der Waals surface area contributed by atoms with Crippen LogP contribution in [0.15, 0.2) is 18.2 Å². The number of anilines is 1. The average molecular weight is 346 g/mol. The molecule has 0 aliphatic carbocycles. The largest absolute Gasteiger partial charge is 0.370 e. The summed E-state index contributed by atoms with van der Waals surface area (Å²) in [4.78, 5) is 5.03. The zero-order valence-corrected chi connectivity index (χ0v) is 14.0. The number of hydrogen-bond acceptors (Lipinski definition) is 2. The maximum Gasteiger partial charge on any atom is 0.0467 e. The first-order valence-corrected chi connectivity index (χ1v) is 8.53. The number of halogens is 2. The molecular formula is C15H22BrClN2. The van der Waals surface area contributed by atoms with E-state index in [1.165, 1.54) is 17.7 Å². The molecule has 0 N–H and O–H groups in total. The van der Waals surface area contributed by atoms with Crippen LogP contribution in [0.25, 0.3) is 0 Å². The number of benzene rings is 1. The van der Waals surface area contributed by atoms with Crippen LogP contribution in [-0.4, -0.2) is 37.1 Å². The molecule has 1 atom stereocenters. The van der Waals surface area contributed by atoms with Gasteiger partial charge in [-0.3, -0.25) is 4.90 Å². The van der Waals surface area contributed by atoms with Gasteiger partial charge in [0, 0.05) is 40.7 Å². The number of nitrogens with zero attached hydrogens (tertiary/aromatic N) is 2. The van der Waals surface area contributed by atoms with Crippen molar-refractivity contribution in [1.82, 2.24) is 4.90 Å². The van der Waals surface area contributed by atoms with Gasteiger partial charge < -0.3 is 4.90 Å². The maximum absolute atomic E-state index is 6.29. The Morgan fingerprint density at radius 1 is 1.37 bits per heavy atom. The van der Waals surface area contributed by atoms with E-state index in [2.05, 4.69) is 51.7 Å². The minimum absolute atomic E-state index is 0.678. The quantitative estimate of drug-likeness (QED) is 0.740. The Balaban J connectivity index is 2.15. The fraction of sp³-hybridized carbons (Fsp3) is 0.600. The second-order valence-corrected chi connectivity index (χ2v) is 5.95. The molecule has 0 bridgehead atoms. The van der Waals surface area contributed by atoms with Crippen molar-refractivity contribution in [2.24, 2.45) is 0 Å². The van der Waals surface area contributed by atoms with Gasteiger partial charge in [-0.25, -0.2) is 0 Å². The Labute approximate surface area is 129 Å². The van der Waals surface area contributed by atoms with Gasteiger partial charge in [-0.1, -0.05) is 47.4 Å². The van der Waals surface area contributed by atoms with Crippen LogP contribution in [0.2, 0.25) is 5.02 Å². The molecule has 1 aliphatic rings. The highest BCUT2D eigenvalue weighted by molar-refractivity contribution is 9.08. The molecular weight excluding hydrogens is 324 g/mol. The van der Waals surface area contributed by atoms with Gasteiger partial charge in [0.15, 0.2) is 0 Å². The molecule has 0 radical (unpaired) electrons. The van der Waals surface area contributed by atoms with Crippen LogP contribution in [0.4, 0.5) is 5.69 Å². The summed E-state index contributed by atoms with van der Waals surface area (Å²) in [6.07, 6.45) is 1.25. The average Bonchev–Trinajstić information content (AvgIpc) is 2.89. The summed E-state index contributed by atoms with van der Waals surface area (Å²) < 4.78 is 0. The zero-order chi connectivity index (χ0) is 13.8. The third-order valence-electron chi connectivity index (χ3n) is 4.06. The van der Waals surface area contributed by atoms with Gasteiger partial charge in [-0.2, -0.15) is 0 Å². The summed E-state index contributed by atoms with van der Waals surface area (Å²) in [5, 5.41) is 1.68. The van der Waals surface area contributed by atoms with Crippen LogP contribution < -0.4 is 4.90 Å². The van der Waals surface area contributed by atoms with Gasteiger partial charge in [-0.05, 0) is 31.6 Å². The second-order valence-electron chi connectivity index (χ2n) is 4.98. The van der Waals surface area contributed by atoms with E-state index in [0.717, 1.165) is 36.5 Å². The monoisotopic (exact) mass is 344 g/mol. The molecule has 1 heterocycles. The van der Waals surface area contributed by atoms with Crippen molar-refractivity contribution in [2.75, 3.05) is 31.1 Å². The summed E-state index contributed by atoms with van der Waals surface area (Å²) >= 11 is 9.85. The van der Waals surface area contributed by atoms with E-state index < -0.39 is 0 Å². The molecule has 1 saturated heterocycles. The number of hydrogen-bond donors (Lipinski definition) is 0. The van der Waals surface area contributed by atoms with Gasteiger partial charge in [0.1, 0.15) is 0 Å². The summed E-state index contributed by atoms with van der Waals surface area (Å²) in [7, 11) is 0. The SMILES string of the molecule is CCN(CC)C1CCN(c2cccc(Cl)c2CBr)C1. The van der Waals surface area contributed by atoms with Gasteiger partial charge in [0.25, 0.3) is 0 Å². The van der Waals surface area contributed by atoms with Gasteiger partial charge in [0.2, 0.25) is 0 Å². The van der Waals surface area contributed by atoms with E-state index in [0.29, 0.717) is 6.04 Å². The summed E-state index contributed by atoms with van der Waals surface area (Å²) in [6.45, 7) is 9.00. The smallest absolute Gasteiger partial charge is 0.0467 e. The van der Waals surface area contributed by atoms with E-state index in [1.54, 1.807) is 0 Å². The standard InChI is InChI=1S/C15H22BrClN2/c1-3-18(4-2)12-8-9-19(11-12)15-7-5-6-14(17)13(15)10-16/h5-7,12H,3-4,8-11H2,1-2H3. The first kappa shape index (κ1) is 15.1. The van der Waals surface area contributed by atoms with Crippen molar-refractivity contribution in [1.29, 1.82) is 0 Å². The molecule has 1 unspecified atom stereocenters. The minimum atomic E-state index is 0.678. The summed E-state index contributed by atoms with van der Waals surface area (Å²) in [6, 6.07) is 6.89. The van der Waals surface area contributed by atoms with Crippen LogP contribution in [0.3, 0.4) is 0 Å². The molecule has 106 valence electrons. The molecule has 2 nitrogen and oxygen atoms in total. The zero-order valence-electron chi connectivity index (χ0n) is 11.7. The lowest BCUT2D eigenvalue weighted by Crippen LogP contribution is -2.37. The fourth-order valence-electron chi connectivity index (χ4n) is 2.97. The summed E-state index contributed by atoms with van der Waals surface area (Å²) in [5.41, 5.74) is 2.50. The first-order valence-electron chi connectivity index (χ1n) is 7.03. The fourth-order valence-corrected chi connectivity index (χ4v) is 3.96. The number of alkyl halides is 1. The summed E-state index contributed by atoms with van der Waals surface area (Å²) in [5.74, 6) is 0. The lowest BCUT2D eigenvalue weighted by Gasteiger charge is -2.27. The Morgan fingerprint density at radius 2 is 2.11 bits per heavy atom. The van der Waals surface area contributed by atoms with Crippen molar-refractivity contribution >= 4 is 33.2 Å². The highest BCUT2D eigenvalue weighted by atomic mass is 79.9. The lowest BCUT2D eigenvalue weighted by atomic mass is 10.2. The predicted octanol–water partition coefficient (Wildman–Crippen LogP) is 4.16. The van der Waals surface area contributed by atoms with Crippen LogP contribution in [0, 0.1) is 0 Å². The van der Waals surface area contributed by atoms with E-state index in [4.69, 9.17) is 11.6 Å². The predicted molar refractivity (Wildman–Crippen MR) is 87.6 cm³/mol. The molecule has 4 heteroatoms. The van der Waals surface area contributed by atoms with Crippen molar-refractivity contribution in [3.8, 4) is 0 Å². The third kappa shape index (κ3) is 3.26. The molecule has 2 rings (SSSR count). The lowest BCUT2D eigenvalue weighted by molar-refractivity contribution is 0.232. The first-order chi connectivity index (χ1) is 9.21. The van der Waals surface area contributed by atoms with Crippen LogP contribution >= 0.6 is 27.5 Å². The Morgan fingerprint density at radius 3 is 2.74 bits per heavy atom. The second kappa shape index (κ2) is 6.96. The van der Waals surface area contributed by atoms with E-state index >= 15 is 0 Å². The van der Waals surface area contributed by atoms with E-state index in [1.807, 2.05) is 6.07 Å². The van der Waals surface area contributed by atoms with Gasteiger partial charge >= 0.3 is 0 Å². The molecule has 1 aliphatic heterocycles. The Bertz CT molecular complexity index is 421. The molecule has 0 saturated carbocycles.